The summed E-state index contributed by atoms with van der Waals surface area (Å²) in [6.07, 6.45) is 2.96. The number of benzene rings is 2. The van der Waals surface area contributed by atoms with E-state index in [2.05, 4.69) is 5.32 Å². The van der Waals surface area contributed by atoms with Crippen molar-refractivity contribution in [2.24, 2.45) is 0 Å². The third-order valence-electron chi connectivity index (χ3n) is 2.78. The van der Waals surface area contributed by atoms with Gasteiger partial charge in [0.25, 0.3) is 0 Å². The summed E-state index contributed by atoms with van der Waals surface area (Å²) in [7, 11) is 1.58. The van der Waals surface area contributed by atoms with Gasteiger partial charge in [-0.05, 0) is 42.5 Å². The molecule has 0 aliphatic carbocycles. The molecule has 108 valence electrons. The molecule has 2 aromatic carbocycles. The number of allylic oxidation sites excluding steroid dienone is 1. The Balaban J connectivity index is 2.03. The Hall–Kier alpha value is -1.97. The van der Waals surface area contributed by atoms with Crippen molar-refractivity contribution >= 4 is 34.7 Å². The second-order valence-corrected chi connectivity index (χ2v) is 5.04. The quantitative estimate of drug-likeness (QED) is 0.634. The molecule has 0 bridgehead atoms. The number of ketones is 1. The van der Waals surface area contributed by atoms with Gasteiger partial charge in [-0.15, -0.1) is 0 Å². The lowest BCUT2D eigenvalue weighted by Gasteiger charge is -2.04. The number of carbonyl (C=O) groups is 1. The second-order valence-electron chi connectivity index (χ2n) is 4.19. The summed E-state index contributed by atoms with van der Waals surface area (Å²) < 4.78 is 5.04. The van der Waals surface area contributed by atoms with Crippen molar-refractivity contribution in [3.8, 4) is 5.75 Å². The lowest BCUT2D eigenvalue weighted by Crippen LogP contribution is -1.96. The summed E-state index contributed by atoms with van der Waals surface area (Å²) in [6, 6.07) is 12.0. The smallest absolute Gasteiger partial charge is 0.187 e. The van der Waals surface area contributed by atoms with Crippen molar-refractivity contribution in [2.45, 2.75) is 0 Å². The number of carbonyl (C=O) groups excluding carboxylic acids is 1. The van der Waals surface area contributed by atoms with Crippen molar-refractivity contribution in [2.75, 3.05) is 12.4 Å². The van der Waals surface area contributed by atoms with Gasteiger partial charge in [0.05, 0.1) is 17.8 Å². The maximum atomic E-state index is 12.0. The predicted molar refractivity (Wildman–Crippen MR) is 86.5 cm³/mol. The Morgan fingerprint density at radius 2 is 1.86 bits per heavy atom. The number of ether oxygens (including phenoxy) is 1. The van der Waals surface area contributed by atoms with Crippen molar-refractivity contribution in [3.05, 3.63) is 70.3 Å². The molecule has 0 radical (unpaired) electrons. The van der Waals surface area contributed by atoms with Gasteiger partial charge in [0, 0.05) is 22.9 Å². The van der Waals surface area contributed by atoms with Crippen molar-refractivity contribution in [1.29, 1.82) is 0 Å². The zero-order chi connectivity index (χ0) is 15.2. The van der Waals surface area contributed by atoms with E-state index in [0.29, 0.717) is 27.0 Å². The average Bonchev–Trinajstić information content (AvgIpc) is 2.50. The van der Waals surface area contributed by atoms with Crippen LogP contribution in [0, 0.1) is 0 Å². The number of hydrogen-bond acceptors (Lipinski definition) is 3. The first kappa shape index (κ1) is 15.4. The van der Waals surface area contributed by atoms with E-state index in [1.54, 1.807) is 49.6 Å². The molecule has 2 rings (SSSR count). The first-order valence-corrected chi connectivity index (χ1v) is 6.92. The zero-order valence-electron chi connectivity index (χ0n) is 11.3. The average molecular weight is 322 g/mol. The lowest BCUT2D eigenvalue weighted by atomic mass is 10.1. The summed E-state index contributed by atoms with van der Waals surface area (Å²) in [6.45, 7) is 0. The molecule has 0 amide bonds. The fraction of sp³-hybridized carbons (Fsp3) is 0.0625. The third-order valence-corrected chi connectivity index (χ3v) is 3.34. The van der Waals surface area contributed by atoms with Crippen molar-refractivity contribution in [3.63, 3.8) is 0 Å². The van der Waals surface area contributed by atoms with Gasteiger partial charge in [-0.2, -0.15) is 0 Å². The van der Waals surface area contributed by atoms with Crippen LogP contribution in [-0.2, 0) is 0 Å². The van der Waals surface area contributed by atoms with Crippen LogP contribution < -0.4 is 10.1 Å². The van der Waals surface area contributed by atoms with E-state index in [0.717, 1.165) is 0 Å². The number of rotatable bonds is 5. The molecule has 0 aromatic heterocycles. The maximum absolute atomic E-state index is 12.0. The Labute approximate surface area is 133 Å². The summed E-state index contributed by atoms with van der Waals surface area (Å²) in [5.41, 5.74) is 1.22. The van der Waals surface area contributed by atoms with E-state index in [9.17, 15) is 4.79 Å². The van der Waals surface area contributed by atoms with Crippen LogP contribution in [-0.4, -0.2) is 12.9 Å². The van der Waals surface area contributed by atoms with Crippen molar-refractivity contribution in [1.82, 2.24) is 0 Å². The molecule has 0 saturated heterocycles. The standard InChI is InChI=1S/C16H13Cl2NO2/c1-21-13-5-2-11(3-6-13)16(20)8-9-19-15-10-12(17)4-7-14(15)18/h2-10,19H,1H3/b9-8+. The van der Waals surface area contributed by atoms with Crippen LogP contribution in [0.1, 0.15) is 10.4 Å². The van der Waals surface area contributed by atoms with Crippen molar-refractivity contribution < 1.29 is 9.53 Å². The van der Waals surface area contributed by atoms with Crippen LogP contribution in [0.5, 0.6) is 5.75 Å². The number of nitrogens with one attached hydrogen (secondary N) is 1. The van der Waals surface area contributed by atoms with Gasteiger partial charge < -0.3 is 10.1 Å². The van der Waals surface area contributed by atoms with Gasteiger partial charge in [-0.1, -0.05) is 23.2 Å². The van der Waals surface area contributed by atoms with Crippen LogP contribution in [0.4, 0.5) is 5.69 Å². The molecular formula is C16H13Cl2NO2. The third kappa shape index (κ3) is 4.25. The topological polar surface area (TPSA) is 38.3 Å². The number of methoxy groups -OCH3 is 1. The summed E-state index contributed by atoms with van der Waals surface area (Å²) >= 11 is 11.9. The molecule has 0 aliphatic heterocycles. The second kappa shape index (κ2) is 7.16. The van der Waals surface area contributed by atoms with Gasteiger partial charge in [-0.25, -0.2) is 0 Å². The summed E-state index contributed by atoms with van der Waals surface area (Å²) in [5.74, 6) is 0.586. The SMILES string of the molecule is COc1ccc(C(=O)/C=C/Nc2cc(Cl)ccc2Cl)cc1. The van der Waals surface area contributed by atoms with Crippen LogP contribution in [0.2, 0.25) is 10.0 Å². The predicted octanol–water partition coefficient (Wildman–Crippen LogP) is 4.81. The van der Waals surface area contributed by atoms with Gasteiger partial charge in [0.1, 0.15) is 5.75 Å². The fourth-order valence-electron chi connectivity index (χ4n) is 1.67. The van der Waals surface area contributed by atoms with E-state index in [1.807, 2.05) is 0 Å². The molecule has 0 fully saturated rings. The Morgan fingerprint density at radius 3 is 2.52 bits per heavy atom. The molecular weight excluding hydrogens is 309 g/mol. The van der Waals surface area contributed by atoms with Gasteiger partial charge in [0.2, 0.25) is 0 Å². The van der Waals surface area contributed by atoms with E-state index < -0.39 is 0 Å². The molecule has 0 saturated carbocycles. The molecule has 3 nitrogen and oxygen atoms in total. The molecule has 0 aliphatic rings. The molecule has 0 atom stereocenters. The van der Waals surface area contributed by atoms with Crippen LogP contribution in [0.15, 0.2) is 54.7 Å². The minimum absolute atomic E-state index is 0.122. The van der Waals surface area contributed by atoms with E-state index in [-0.39, 0.29) is 5.78 Å². The van der Waals surface area contributed by atoms with Gasteiger partial charge >= 0.3 is 0 Å². The highest BCUT2D eigenvalue weighted by molar-refractivity contribution is 6.35. The number of halogens is 2. The highest BCUT2D eigenvalue weighted by Crippen LogP contribution is 2.25. The van der Waals surface area contributed by atoms with Gasteiger partial charge in [-0.3, -0.25) is 4.79 Å². The normalized spacial score (nSPS) is 10.6. The monoisotopic (exact) mass is 321 g/mol. The van der Waals surface area contributed by atoms with Crippen LogP contribution in [0.3, 0.4) is 0 Å². The highest BCUT2D eigenvalue weighted by Gasteiger charge is 2.02. The number of hydrogen-bond donors (Lipinski definition) is 1. The molecule has 2 aromatic rings. The first-order chi connectivity index (χ1) is 10.1. The molecule has 0 unspecified atom stereocenters. The largest absolute Gasteiger partial charge is 0.497 e. The molecule has 1 N–H and O–H groups in total. The summed E-state index contributed by atoms with van der Waals surface area (Å²) in [5, 5.41) is 4.03. The Bertz CT molecular complexity index is 666. The minimum atomic E-state index is -0.122. The molecule has 21 heavy (non-hydrogen) atoms. The van der Waals surface area contributed by atoms with E-state index in [4.69, 9.17) is 27.9 Å². The number of anilines is 1. The van der Waals surface area contributed by atoms with Crippen LogP contribution in [0.25, 0.3) is 0 Å². The fourth-order valence-corrected chi connectivity index (χ4v) is 2.01. The maximum Gasteiger partial charge on any atom is 0.187 e. The minimum Gasteiger partial charge on any atom is -0.497 e. The lowest BCUT2D eigenvalue weighted by molar-refractivity contribution is 0.104. The molecule has 0 spiro atoms. The summed E-state index contributed by atoms with van der Waals surface area (Å²) in [4.78, 5) is 12.0. The van der Waals surface area contributed by atoms with E-state index in [1.165, 1.54) is 12.3 Å². The zero-order valence-corrected chi connectivity index (χ0v) is 12.8. The molecule has 0 heterocycles. The Morgan fingerprint density at radius 1 is 1.14 bits per heavy atom. The first-order valence-electron chi connectivity index (χ1n) is 6.16. The highest BCUT2D eigenvalue weighted by atomic mass is 35.5. The molecule has 5 heteroatoms. The van der Waals surface area contributed by atoms with Gasteiger partial charge in [0.15, 0.2) is 5.78 Å². The van der Waals surface area contributed by atoms with E-state index >= 15 is 0 Å². The van der Waals surface area contributed by atoms with Crippen LogP contribution >= 0.6 is 23.2 Å². The Kier molecular flexibility index (Phi) is 5.26.